The SMILES string of the molecule is N=[P+](N)[Te]. The molecule has 0 aromatic rings. The summed E-state index contributed by atoms with van der Waals surface area (Å²) in [5.41, 5.74) is 3.99. The first-order valence-corrected chi connectivity index (χ1v) is 5.12. The van der Waals surface area contributed by atoms with Crippen molar-refractivity contribution in [2.45, 2.75) is 0 Å². The van der Waals surface area contributed by atoms with Crippen LogP contribution in [-0.2, 0) is 0 Å². The molecule has 0 heterocycles. The number of nitrogens with two attached hydrogens (primary N) is 1. The van der Waals surface area contributed by atoms with E-state index in [1.54, 1.807) is 21.7 Å². The maximum atomic E-state index is 6.43. The van der Waals surface area contributed by atoms with E-state index in [1.807, 2.05) is 0 Å². The quantitative estimate of drug-likeness (QED) is 0.415. The fourth-order valence-electron chi connectivity index (χ4n) is 0. The summed E-state index contributed by atoms with van der Waals surface area (Å²) in [7, 11) is 0. The van der Waals surface area contributed by atoms with E-state index >= 15 is 0 Å². The third kappa shape index (κ3) is 13.5. The number of hydrogen-bond donors (Lipinski definition) is 2. The van der Waals surface area contributed by atoms with Gasteiger partial charge in [-0.25, -0.2) is 0 Å². The summed E-state index contributed by atoms with van der Waals surface area (Å²) in [6, 6.07) is 0. The Hall–Kier alpha value is 0.850. The molecule has 1 atom stereocenters. The zero-order valence-electron chi connectivity index (χ0n) is 1.93. The van der Waals surface area contributed by atoms with Crippen LogP contribution in [0.2, 0.25) is 0 Å². The van der Waals surface area contributed by atoms with Crippen molar-refractivity contribution < 1.29 is 0 Å². The van der Waals surface area contributed by atoms with Crippen LogP contribution in [-0.4, -0.2) is 21.7 Å². The van der Waals surface area contributed by atoms with Crippen LogP contribution in [0.1, 0.15) is 0 Å². The van der Waals surface area contributed by atoms with E-state index in [0.29, 0.717) is 0 Å². The van der Waals surface area contributed by atoms with Crippen molar-refractivity contribution in [1.82, 2.24) is 0 Å². The van der Waals surface area contributed by atoms with E-state index < -0.39 is 5.56 Å². The molecule has 0 aliphatic heterocycles. The van der Waals surface area contributed by atoms with Crippen molar-refractivity contribution in [3.63, 3.8) is 0 Å². The van der Waals surface area contributed by atoms with Gasteiger partial charge in [0, 0.05) is 0 Å². The summed E-state index contributed by atoms with van der Waals surface area (Å²) >= 11 is 1.62. The van der Waals surface area contributed by atoms with Crippen molar-refractivity contribution in [3.8, 4) is 0 Å². The van der Waals surface area contributed by atoms with Gasteiger partial charge in [0.15, 0.2) is 0 Å². The van der Waals surface area contributed by atoms with Gasteiger partial charge >= 0.3 is 38.0 Å². The van der Waals surface area contributed by atoms with E-state index in [1.165, 1.54) is 0 Å². The van der Waals surface area contributed by atoms with Crippen molar-refractivity contribution in [3.05, 3.63) is 0 Å². The first kappa shape index (κ1) is 4.85. The van der Waals surface area contributed by atoms with E-state index in [-0.39, 0.29) is 0 Å². The van der Waals surface area contributed by atoms with Crippen LogP contribution in [0.5, 0.6) is 0 Å². The van der Waals surface area contributed by atoms with Gasteiger partial charge in [-0.05, 0) is 0 Å². The van der Waals surface area contributed by atoms with Crippen molar-refractivity contribution in [2.75, 3.05) is 0 Å². The van der Waals surface area contributed by atoms with Crippen molar-refractivity contribution >= 4 is 27.3 Å². The Balaban J connectivity index is 2.80. The molecule has 0 aromatic carbocycles. The molecule has 0 rings (SSSR count). The molecule has 4 heteroatoms. The van der Waals surface area contributed by atoms with Crippen LogP contribution in [0.3, 0.4) is 0 Å². The first-order valence-electron chi connectivity index (χ1n) is 0.664. The number of nitrogens with one attached hydrogen (secondary N) is 1. The molecular weight excluding hydrogens is 187 g/mol. The standard InChI is InChI=1S/H3N2PTe/c1-3(2)4/h(H3,1,2)/q+1. The molecule has 0 saturated heterocycles. The number of rotatable bonds is 0. The summed E-state index contributed by atoms with van der Waals surface area (Å²) in [6.45, 7) is 0. The molecule has 4 heavy (non-hydrogen) atoms. The molecule has 0 spiro atoms. The fourth-order valence-corrected chi connectivity index (χ4v) is 0. The molecule has 0 aromatic heterocycles. The van der Waals surface area contributed by atoms with E-state index in [9.17, 15) is 0 Å². The number of hydrogen-bond acceptors (Lipinski definition) is 1. The summed E-state index contributed by atoms with van der Waals surface area (Å²) in [4.78, 5) is 0. The minimum absolute atomic E-state index is 0.860. The summed E-state index contributed by atoms with van der Waals surface area (Å²) < 4.78 is 0. The van der Waals surface area contributed by atoms with E-state index in [0.717, 1.165) is 0 Å². The Bertz CT molecular complexity index is 29.0. The van der Waals surface area contributed by atoms with Gasteiger partial charge in [0.05, 0.1) is 0 Å². The van der Waals surface area contributed by atoms with Gasteiger partial charge in [0.25, 0.3) is 0 Å². The summed E-state index contributed by atoms with van der Waals surface area (Å²) in [5.74, 6) is 0. The normalized spacial score (nSPS) is 11.0. The second kappa shape index (κ2) is 2.11. The van der Waals surface area contributed by atoms with Crippen LogP contribution < -0.4 is 5.50 Å². The Morgan fingerprint density at radius 1 is 2.00 bits per heavy atom. The molecule has 0 aliphatic carbocycles. The molecule has 0 amide bonds. The third-order valence-corrected chi connectivity index (χ3v) is 0. The first-order chi connectivity index (χ1) is 1.73. The van der Waals surface area contributed by atoms with Gasteiger partial charge in [-0.15, -0.1) is 0 Å². The molecule has 1 unspecified atom stereocenters. The van der Waals surface area contributed by atoms with Gasteiger partial charge in [-0.2, -0.15) is 0 Å². The Kier molecular flexibility index (Phi) is 2.56. The molecule has 0 saturated carbocycles. The monoisotopic (exact) mass is 192 g/mol. The average molecular weight is 190 g/mol. The Labute approximate surface area is 38.3 Å². The van der Waals surface area contributed by atoms with E-state index in [4.69, 9.17) is 10.7 Å². The molecule has 2 nitrogen and oxygen atoms in total. The zero-order chi connectivity index (χ0) is 3.58. The van der Waals surface area contributed by atoms with Gasteiger partial charge in [-0.1, -0.05) is 0 Å². The molecule has 0 bridgehead atoms. The van der Waals surface area contributed by atoms with Gasteiger partial charge in [0.1, 0.15) is 0 Å². The van der Waals surface area contributed by atoms with E-state index in [2.05, 4.69) is 0 Å². The van der Waals surface area contributed by atoms with Crippen LogP contribution in [0.4, 0.5) is 0 Å². The molecule has 0 fully saturated rings. The minimum atomic E-state index is -0.860. The topological polar surface area (TPSA) is 49.9 Å². The molecule has 3 N–H and O–H groups in total. The molecule has 0 aliphatic rings. The second-order valence-corrected chi connectivity index (χ2v) is 4.35. The molecule has 1 radical (unpaired) electrons. The average Bonchev–Trinajstić information content (AvgIpc) is 0.811. The van der Waals surface area contributed by atoms with Gasteiger partial charge < -0.3 is 0 Å². The Morgan fingerprint density at radius 2 is 2.00 bits per heavy atom. The second-order valence-electron chi connectivity index (χ2n) is 0.326. The van der Waals surface area contributed by atoms with Crippen LogP contribution in [0.15, 0.2) is 0 Å². The predicted molar refractivity (Wildman–Crippen MR) is 19.6 cm³/mol. The van der Waals surface area contributed by atoms with Crippen LogP contribution >= 0.6 is 5.56 Å². The van der Waals surface area contributed by atoms with Crippen molar-refractivity contribution in [2.24, 2.45) is 5.50 Å². The molecule has 23 valence electrons. The zero-order valence-corrected chi connectivity index (χ0v) is 5.16. The van der Waals surface area contributed by atoms with Gasteiger partial charge in [-0.3, -0.25) is 0 Å². The third-order valence-electron chi connectivity index (χ3n) is 0. The van der Waals surface area contributed by atoms with Crippen molar-refractivity contribution in [1.29, 1.82) is 5.16 Å². The summed E-state index contributed by atoms with van der Waals surface area (Å²) in [6.07, 6.45) is 0. The van der Waals surface area contributed by atoms with Crippen LogP contribution in [0.25, 0.3) is 0 Å². The van der Waals surface area contributed by atoms with Crippen LogP contribution in [0, 0.1) is 5.16 Å². The maximum absolute atomic E-state index is 6.43. The fraction of sp³-hybridized carbons (Fsp3) is 0. The predicted octanol–water partition coefficient (Wildman–Crippen LogP) is 0.188. The summed E-state index contributed by atoms with van der Waals surface area (Å²) in [5, 5.41) is 6.43. The van der Waals surface area contributed by atoms with Gasteiger partial charge in [0.2, 0.25) is 0 Å². The molecular formula is H3N2PTe+. The Morgan fingerprint density at radius 3 is 2.00 bits per heavy atom.